The highest BCUT2D eigenvalue weighted by Gasteiger charge is 2.19. The van der Waals surface area contributed by atoms with Crippen molar-refractivity contribution in [3.63, 3.8) is 0 Å². The molecular formula is C15H24N4. The molecule has 2 saturated heterocycles. The molecular weight excluding hydrogens is 236 g/mol. The van der Waals surface area contributed by atoms with Crippen LogP contribution in [0.2, 0.25) is 0 Å². The average molecular weight is 260 g/mol. The molecule has 104 valence electrons. The number of rotatable bonds is 2. The molecule has 0 radical (unpaired) electrons. The van der Waals surface area contributed by atoms with Crippen molar-refractivity contribution in [2.75, 3.05) is 36.0 Å². The quantitative estimate of drug-likeness (QED) is 0.818. The highest BCUT2D eigenvalue weighted by atomic mass is 15.3. The van der Waals surface area contributed by atoms with E-state index in [2.05, 4.69) is 27.8 Å². The van der Waals surface area contributed by atoms with Gasteiger partial charge in [-0.2, -0.15) is 4.98 Å². The van der Waals surface area contributed by atoms with E-state index in [0.717, 1.165) is 43.9 Å². The smallest absolute Gasteiger partial charge is 0.227 e. The molecule has 3 rings (SSSR count). The number of aromatic nitrogens is 2. The fraction of sp³-hybridized carbons (Fsp3) is 0.733. The van der Waals surface area contributed by atoms with Gasteiger partial charge in [0.25, 0.3) is 0 Å². The van der Waals surface area contributed by atoms with Crippen molar-refractivity contribution in [1.82, 2.24) is 9.97 Å². The van der Waals surface area contributed by atoms with E-state index in [1.165, 1.54) is 32.1 Å². The molecule has 3 heterocycles. The summed E-state index contributed by atoms with van der Waals surface area (Å²) < 4.78 is 0. The van der Waals surface area contributed by atoms with Crippen LogP contribution in [0.25, 0.3) is 0 Å². The van der Waals surface area contributed by atoms with Crippen molar-refractivity contribution < 1.29 is 0 Å². The molecule has 2 aliphatic heterocycles. The molecule has 0 spiro atoms. The van der Waals surface area contributed by atoms with E-state index in [9.17, 15) is 0 Å². The van der Waals surface area contributed by atoms with Gasteiger partial charge in [-0.15, -0.1) is 0 Å². The lowest BCUT2D eigenvalue weighted by molar-refractivity contribution is 0.434. The Morgan fingerprint density at radius 1 is 1.00 bits per heavy atom. The molecule has 0 saturated carbocycles. The van der Waals surface area contributed by atoms with Crippen LogP contribution in [-0.4, -0.2) is 36.1 Å². The topological polar surface area (TPSA) is 32.3 Å². The minimum Gasteiger partial charge on any atom is -0.356 e. The first-order valence-corrected chi connectivity index (χ1v) is 7.66. The molecule has 0 bridgehead atoms. The van der Waals surface area contributed by atoms with E-state index >= 15 is 0 Å². The molecule has 0 amide bonds. The Morgan fingerprint density at radius 3 is 2.47 bits per heavy atom. The zero-order chi connectivity index (χ0) is 13.1. The zero-order valence-electron chi connectivity index (χ0n) is 11.9. The molecule has 4 nitrogen and oxygen atoms in total. The third kappa shape index (κ3) is 2.99. The van der Waals surface area contributed by atoms with Crippen LogP contribution >= 0.6 is 0 Å². The van der Waals surface area contributed by atoms with E-state index in [1.807, 2.05) is 6.20 Å². The van der Waals surface area contributed by atoms with Gasteiger partial charge in [0.15, 0.2) is 0 Å². The Hall–Kier alpha value is -1.32. The maximum atomic E-state index is 4.79. The lowest BCUT2D eigenvalue weighted by Crippen LogP contribution is -2.35. The Kier molecular flexibility index (Phi) is 3.85. The fourth-order valence-electron chi connectivity index (χ4n) is 3.00. The summed E-state index contributed by atoms with van der Waals surface area (Å²) >= 11 is 0. The highest BCUT2D eigenvalue weighted by Crippen LogP contribution is 2.23. The van der Waals surface area contributed by atoms with Crippen molar-refractivity contribution >= 4 is 11.8 Å². The van der Waals surface area contributed by atoms with Crippen LogP contribution in [0.15, 0.2) is 12.3 Å². The molecule has 19 heavy (non-hydrogen) atoms. The van der Waals surface area contributed by atoms with Crippen LogP contribution in [0, 0.1) is 5.92 Å². The Bertz CT molecular complexity index is 406. The highest BCUT2D eigenvalue weighted by molar-refractivity contribution is 5.44. The second kappa shape index (κ2) is 5.76. The van der Waals surface area contributed by atoms with Gasteiger partial charge in [-0.3, -0.25) is 0 Å². The Balaban J connectivity index is 1.72. The molecule has 0 N–H and O–H groups in total. The normalized spacial score (nSPS) is 21.7. The predicted molar refractivity (Wildman–Crippen MR) is 78.7 cm³/mol. The first kappa shape index (κ1) is 12.7. The van der Waals surface area contributed by atoms with Crippen LogP contribution in [0.5, 0.6) is 0 Å². The lowest BCUT2D eigenvalue weighted by Gasteiger charge is -2.32. The SMILES string of the molecule is CC1CCN(c2nccc(N3CCCCC3)n2)CC1. The second-order valence-corrected chi connectivity index (χ2v) is 5.93. The van der Waals surface area contributed by atoms with E-state index in [0.29, 0.717) is 0 Å². The third-order valence-electron chi connectivity index (χ3n) is 4.37. The van der Waals surface area contributed by atoms with Crippen LogP contribution in [0.3, 0.4) is 0 Å². The van der Waals surface area contributed by atoms with Gasteiger partial charge >= 0.3 is 0 Å². The van der Waals surface area contributed by atoms with Gasteiger partial charge in [-0.05, 0) is 44.1 Å². The van der Waals surface area contributed by atoms with Crippen molar-refractivity contribution in [2.45, 2.75) is 39.0 Å². The number of hydrogen-bond donors (Lipinski definition) is 0. The maximum Gasteiger partial charge on any atom is 0.227 e. The largest absolute Gasteiger partial charge is 0.356 e. The monoisotopic (exact) mass is 260 g/mol. The Morgan fingerprint density at radius 2 is 1.74 bits per heavy atom. The van der Waals surface area contributed by atoms with Crippen LogP contribution in [0.4, 0.5) is 11.8 Å². The minimum absolute atomic E-state index is 0.849. The average Bonchev–Trinajstić information content (AvgIpc) is 2.49. The van der Waals surface area contributed by atoms with Crippen LogP contribution < -0.4 is 9.80 Å². The molecule has 1 aromatic heterocycles. The molecule has 2 aliphatic rings. The summed E-state index contributed by atoms with van der Waals surface area (Å²) in [5.41, 5.74) is 0. The van der Waals surface area contributed by atoms with Gasteiger partial charge in [0.05, 0.1) is 0 Å². The summed E-state index contributed by atoms with van der Waals surface area (Å²) in [6.45, 7) is 6.83. The summed E-state index contributed by atoms with van der Waals surface area (Å²) in [4.78, 5) is 14.0. The Labute approximate surface area is 115 Å². The van der Waals surface area contributed by atoms with Crippen LogP contribution in [-0.2, 0) is 0 Å². The summed E-state index contributed by atoms with van der Waals surface area (Å²) in [5, 5.41) is 0. The standard InChI is InChI=1S/C15H24N4/c1-13-6-11-19(12-7-13)15-16-8-5-14(17-15)18-9-3-2-4-10-18/h5,8,13H,2-4,6-7,9-12H2,1H3. The predicted octanol–water partition coefficient (Wildman–Crippen LogP) is 2.70. The fourth-order valence-corrected chi connectivity index (χ4v) is 3.00. The third-order valence-corrected chi connectivity index (χ3v) is 4.37. The first-order chi connectivity index (χ1) is 9.33. The number of anilines is 2. The van der Waals surface area contributed by atoms with E-state index in [-0.39, 0.29) is 0 Å². The van der Waals surface area contributed by atoms with Crippen LogP contribution in [0.1, 0.15) is 39.0 Å². The molecule has 0 unspecified atom stereocenters. The molecule has 4 heteroatoms. The first-order valence-electron chi connectivity index (χ1n) is 7.66. The van der Waals surface area contributed by atoms with Gasteiger partial charge < -0.3 is 9.80 Å². The molecule has 0 aromatic carbocycles. The number of nitrogens with zero attached hydrogens (tertiary/aromatic N) is 4. The summed E-state index contributed by atoms with van der Waals surface area (Å²) in [6.07, 6.45) is 8.39. The van der Waals surface area contributed by atoms with Gasteiger partial charge in [0.1, 0.15) is 5.82 Å². The summed E-state index contributed by atoms with van der Waals surface area (Å²) in [6, 6.07) is 2.06. The second-order valence-electron chi connectivity index (χ2n) is 5.93. The molecule has 0 aliphatic carbocycles. The summed E-state index contributed by atoms with van der Waals surface area (Å²) in [5.74, 6) is 2.89. The van der Waals surface area contributed by atoms with Crippen molar-refractivity contribution in [3.8, 4) is 0 Å². The van der Waals surface area contributed by atoms with Gasteiger partial charge in [0, 0.05) is 32.4 Å². The number of hydrogen-bond acceptors (Lipinski definition) is 4. The minimum atomic E-state index is 0.849. The number of piperidine rings is 2. The van der Waals surface area contributed by atoms with Gasteiger partial charge in [0.2, 0.25) is 5.95 Å². The van der Waals surface area contributed by atoms with Gasteiger partial charge in [-0.25, -0.2) is 4.98 Å². The van der Waals surface area contributed by atoms with Crippen molar-refractivity contribution in [2.24, 2.45) is 5.92 Å². The van der Waals surface area contributed by atoms with E-state index in [1.54, 1.807) is 0 Å². The molecule has 2 fully saturated rings. The van der Waals surface area contributed by atoms with Crippen molar-refractivity contribution in [1.29, 1.82) is 0 Å². The van der Waals surface area contributed by atoms with Crippen molar-refractivity contribution in [3.05, 3.63) is 12.3 Å². The zero-order valence-corrected chi connectivity index (χ0v) is 11.9. The van der Waals surface area contributed by atoms with E-state index in [4.69, 9.17) is 4.98 Å². The molecule has 0 atom stereocenters. The van der Waals surface area contributed by atoms with Gasteiger partial charge in [-0.1, -0.05) is 6.92 Å². The lowest BCUT2D eigenvalue weighted by atomic mass is 10.00. The molecule has 1 aromatic rings. The van der Waals surface area contributed by atoms with E-state index < -0.39 is 0 Å². The summed E-state index contributed by atoms with van der Waals surface area (Å²) in [7, 11) is 0. The maximum absolute atomic E-state index is 4.79.